The fourth-order valence-corrected chi connectivity index (χ4v) is 6.79. The van der Waals surface area contributed by atoms with Gasteiger partial charge in [-0.25, -0.2) is 9.36 Å². The van der Waals surface area contributed by atoms with Crippen LogP contribution in [0.2, 0.25) is 0 Å². The molecule has 1 aromatic heterocycles. The van der Waals surface area contributed by atoms with E-state index in [1.807, 2.05) is 0 Å². The number of aromatic amines is 1. The molecular formula is C37H41N2O13P. The molecule has 0 saturated carbocycles. The van der Waals surface area contributed by atoms with E-state index in [4.69, 9.17) is 28.2 Å². The smallest absolute Gasteiger partial charge is 0.470 e. The van der Waals surface area contributed by atoms with E-state index in [-0.39, 0.29) is 0 Å². The fraction of sp³-hybridized carbons (Fsp3) is 0.351. The van der Waals surface area contributed by atoms with E-state index >= 15 is 0 Å². The lowest BCUT2D eigenvalue weighted by Crippen LogP contribution is -2.52. The second-order valence-electron chi connectivity index (χ2n) is 13.3. The zero-order chi connectivity index (χ0) is 38.7. The molecule has 2 heterocycles. The van der Waals surface area contributed by atoms with Crippen LogP contribution in [-0.4, -0.2) is 69.7 Å². The van der Waals surface area contributed by atoms with Crippen molar-refractivity contribution in [1.82, 2.24) is 9.55 Å². The Balaban J connectivity index is 1.86. The van der Waals surface area contributed by atoms with Crippen LogP contribution in [0.25, 0.3) is 0 Å². The van der Waals surface area contributed by atoms with Crippen LogP contribution in [0, 0.1) is 5.41 Å². The highest BCUT2D eigenvalue weighted by Gasteiger charge is 2.58. The number of hydrogen-bond acceptors (Lipinski definition) is 11. The number of phosphoric acid groups is 1. The number of aromatic nitrogens is 2. The predicted octanol–water partition coefficient (Wildman–Crippen LogP) is 3.85. The van der Waals surface area contributed by atoms with Crippen LogP contribution in [0.15, 0.2) is 101 Å². The molecule has 5 rings (SSSR count). The minimum atomic E-state index is -5.43. The lowest BCUT2D eigenvalue weighted by Gasteiger charge is -2.41. The molecule has 1 aliphatic rings. The number of esters is 1. The summed E-state index contributed by atoms with van der Waals surface area (Å²) in [6.45, 7) is 5.67. The summed E-state index contributed by atoms with van der Waals surface area (Å²) in [6, 6.07) is 23.8. The third-order valence-corrected chi connectivity index (χ3v) is 9.19. The standard InChI is InChI=1S/C37H41N2O13P/c1-22(40)49-32-30(29(31(52-53(44,45)46)33(42)36(2,3)4)50-34(32)39-21-20-28(41)38-35(39)43)51-37(23-10-8-7-9-11-23,24-12-16-26(47-5)17-13-24)25-14-18-27(48-6)19-15-25/h7-21,29-32,34H,1-6H3,(H,38,41,43)(H2,44,45,46)/t29-,30+,31?,32+,34+/m0/s1. The van der Waals surface area contributed by atoms with E-state index in [2.05, 4.69) is 4.98 Å². The number of ketones is 1. The van der Waals surface area contributed by atoms with Crippen molar-refractivity contribution in [2.75, 3.05) is 14.2 Å². The van der Waals surface area contributed by atoms with E-state index in [0.29, 0.717) is 28.2 Å². The average Bonchev–Trinajstić information content (AvgIpc) is 3.44. The van der Waals surface area contributed by atoms with Gasteiger partial charge in [-0.05, 0) is 41.0 Å². The molecule has 0 bridgehead atoms. The van der Waals surface area contributed by atoms with Crippen molar-refractivity contribution in [1.29, 1.82) is 0 Å². The van der Waals surface area contributed by atoms with E-state index in [9.17, 15) is 33.5 Å². The number of H-pyrrole nitrogens is 1. The number of nitrogens with zero attached hydrogens (tertiary/aromatic N) is 1. The summed E-state index contributed by atoms with van der Waals surface area (Å²) in [7, 11) is -2.41. The number of carbonyl (C=O) groups excluding carboxylic acids is 2. The van der Waals surface area contributed by atoms with Crippen LogP contribution in [0.4, 0.5) is 0 Å². The molecular weight excluding hydrogens is 711 g/mol. The molecule has 53 heavy (non-hydrogen) atoms. The van der Waals surface area contributed by atoms with Gasteiger partial charge in [0.2, 0.25) is 0 Å². The summed E-state index contributed by atoms with van der Waals surface area (Å²) in [5, 5.41) is 0. The Kier molecular flexibility index (Phi) is 11.6. The Hall–Kier alpha value is -4.89. The first-order chi connectivity index (χ1) is 25.0. The van der Waals surface area contributed by atoms with Crippen molar-refractivity contribution < 1.29 is 52.1 Å². The molecule has 16 heteroatoms. The SMILES string of the molecule is COc1ccc(C(O[C@H]2[C@@H](OC(C)=O)[C@H](n3ccc(=O)[nH]c3=O)O[C@@H]2C(OP(=O)(O)O)C(=O)C(C)(C)C)(c2ccccc2)c2ccc(OC)cc2)cc1. The number of nitrogens with one attached hydrogen (secondary N) is 1. The van der Waals surface area contributed by atoms with Crippen LogP contribution in [-0.2, 0) is 38.5 Å². The Morgan fingerprint density at radius 3 is 1.81 bits per heavy atom. The molecule has 1 saturated heterocycles. The van der Waals surface area contributed by atoms with Crippen molar-refractivity contribution in [3.8, 4) is 11.5 Å². The molecule has 1 fully saturated rings. The van der Waals surface area contributed by atoms with Crippen LogP contribution in [0.5, 0.6) is 11.5 Å². The predicted molar refractivity (Wildman–Crippen MR) is 189 cm³/mol. The summed E-state index contributed by atoms with van der Waals surface area (Å²) in [5.41, 5.74) is -3.07. The van der Waals surface area contributed by atoms with Gasteiger partial charge in [0.1, 0.15) is 29.3 Å². The number of rotatable bonds is 13. The van der Waals surface area contributed by atoms with E-state index in [0.717, 1.165) is 23.8 Å². The first-order valence-electron chi connectivity index (χ1n) is 16.4. The molecule has 3 N–H and O–H groups in total. The summed E-state index contributed by atoms with van der Waals surface area (Å²) >= 11 is 0. The molecule has 3 aromatic carbocycles. The highest BCUT2D eigenvalue weighted by atomic mass is 31.2. The van der Waals surface area contributed by atoms with Crippen molar-refractivity contribution in [3.63, 3.8) is 0 Å². The van der Waals surface area contributed by atoms with Gasteiger partial charge in [-0.1, -0.05) is 75.4 Å². The number of phosphoric ester groups is 1. The number of benzene rings is 3. The second-order valence-corrected chi connectivity index (χ2v) is 14.5. The van der Waals surface area contributed by atoms with Gasteiger partial charge in [0.15, 0.2) is 24.2 Å². The Morgan fingerprint density at radius 1 is 0.830 bits per heavy atom. The van der Waals surface area contributed by atoms with Crippen LogP contribution in [0.1, 0.15) is 50.6 Å². The molecule has 282 valence electrons. The maximum absolute atomic E-state index is 14.1. The largest absolute Gasteiger partial charge is 0.497 e. The summed E-state index contributed by atoms with van der Waals surface area (Å²) in [4.78, 5) is 74.6. The van der Waals surface area contributed by atoms with E-state index < -0.39 is 72.5 Å². The highest BCUT2D eigenvalue weighted by molar-refractivity contribution is 7.46. The monoisotopic (exact) mass is 752 g/mol. The minimum absolute atomic E-state index is 0.509. The van der Waals surface area contributed by atoms with Crippen molar-refractivity contribution in [3.05, 3.63) is 129 Å². The van der Waals surface area contributed by atoms with Gasteiger partial charge in [0, 0.05) is 24.6 Å². The van der Waals surface area contributed by atoms with Gasteiger partial charge in [0.25, 0.3) is 5.56 Å². The van der Waals surface area contributed by atoms with Crippen molar-refractivity contribution >= 4 is 19.6 Å². The van der Waals surface area contributed by atoms with E-state index in [1.165, 1.54) is 35.0 Å². The third kappa shape index (κ3) is 8.51. The second kappa shape index (κ2) is 15.6. The maximum Gasteiger partial charge on any atom is 0.470 e. The molecule has 15 nitrogen and oxygen atoms in total. The number of Topliss-reactive ketones (excluding diaryl/α,β-unsaturated/α-hetero) is 1. The maximum atomic E-state index is 14.1. The molecule has 0 aliphatic carbocycles. The molecule has 0 radical (unpaired) electrons. The Bertz CT molecular complexity index is 2020. The van der Waals surface area contributed by atoms with Gasteiger partial charge in [-0.15, -0.1) is 0 Å². The fourth-order valence-electron chi connectivity index (χ4n) is 6.28. The van der Waals surface area contributed by atoms with Crippen LogP contribution in [0.3, 0.4) is 0 Å². The highest BCUT2D eigenvalue weighted by Crippen LogP contribution is 2.49. The Labute approximate surface area is 304 Å². The molecule has 1 unspecified atom stereocenters. The Morgan fingerprint density at radius 2 is 1.36 bits per heavy atom. The van der Waals surface area contributed by atoms with E-state index in [1.54, 1.807) is 78.9 Å². The normalized spacial score (nSPS) is 19.7. The average molecular weight is 753 g/mol. The van der Waals surface area contributed by atoms with Crippen LogP contribution < -0.4 is 20.7 Å². The zero-order valence-electron chi connectivity index (χ0n) is 29.8. The topological polar surface area (TPSA) is 202 Å². The summed E-state index contributed by atoms with van der Waals surface area (Å²) < 4.78 is 49.0. The third-order valence-electron chi connectivity index (χ3n) is 8.69. The number of hydrogen-bond donors (Lipinski definition) is 3. The number of methoxy groups -OCH3 is 2. The quantitative estimate of drug-likeness (QED) is 0.101. The van der Waals surface area contributed by atoms with Crippen molar-refractivity contribution in [2.45, 2.75) is 63.9 Å². The zero-order valence-corrected chi connectivity index (χ0v) is 30.7. The lowest BCUT2D eigenvalue weighted by atomic mass is 9.79. The van der Waals surface area contributed by atoms with Gasteiger partial charge < -0.3 is 33.5 Å². The summed E-state index contributed by atoms with van der Waals surface area (Å²) in [5.74, 6) is -0.596. The number of ether oxygens (including phenoxy) is 5. The summed E-state index contributed by atoms with van der Waals surface area (Å²) in [6.07, 6.45) is -7.49. The van der Waals surface area contributed by atoms with Gasteiger partial charge in [-0.3, -0.25) is 28.5 Å². The minimum Gasteiger partial charge on any atom is -0.497 e. The molecule has 5 atom stereocenters. The van der Waals surface area contributed by atoms with Crippen LogP contribution >= 0.6 is 7.82 Å². The first kappa shape index (κ1) is 39.3. The van der Waals surface area contributed by atoms with Gasteiger partial charge in [0.05, 0.1) is 14.2 Å². The lowest BCUT2D eigenvalue weighted by molar-refractivity contribution is -0.166. The first-order valence-corrected chi connectivity index (χ1v) is 18.0. The molecule has 1 aliphatic heterocycles. The molecule has 0 amide bonds. The van der Waals surface area contributed by atoms with Gasteiger partial charge >= 0.3 is 19.5 Å². The molecule has 0 spiro atoms. The molecule has 4 aromatic rings. The van der Waals surface area contributed by atoms with Crippen molar-refractivity contribution in [2.24, 2.45) is 5.41 Å². The van der Waals surface area contributed by atoms with Gasteiger partial charge in [-0.2, -0.15) is 0 Å². The number of carbonyl (C=O) groups is 2.